The number of rotatable bonds is 4. The SMILES string of the molecule is Cl.Cl.Oc1ccc([C@H](c2ccc(OC(F)(F)F)cc2)N2CCNCC2)cc1Cl. The van der Waals surface area contributed by atoms with Gasteiger partial charge in [-0.3, -0.25) is 4.90 Å². The van der Waals surface area contributed by atoms with Gasteiger partial charge in [0.1, 0.15) is 11.5 Å². The van der Waals surface area contributed by atoms with E-state index in [4.69, 9.17) is 11.6 Å². The first kappa shape index (κ1) is 24.7. The highest BCUT2D eigenvalue weighted by Gasteiger charge is 2.31. The van der Waals surface area contributed by atoms with E-state index in [1.165, 1.54) is 18.2 Å². The fraction of sp³-hybridized carbons (Fsp3) is 0.333. The predicted octanol–water partition coefficient (Wildman–Crippen LogP) is 4.78. The fourth-order valence-corrected chi connectivity index (χ4v) is 3.29. The highest BCUT2D eigenvalue weighted by atomic mass is 35.5. The van der Waals surface area contributed by atoms with Crippen molar-refractivity contribution >= 4 is 36.4 Å². The molecule has 4 nitrogen and oxygen atoms in total. The van der Waals surface area contributed by atoms with Crippen LogP contribution in [0.3, 0.4) is 0 Å². The Bertz CT molecular complexity index is 755. The number of phenolic OH excluding ortho intramolecular Hbond substituents is 1. The van der Waals surface area contributed by atoms with Crippen molar-refractivity contribution in [2.24, 2.45) is 0 Å². The van der Waals surface area contributed by atoms with Gasteiger partial charge in [-0.1, -0.05) is 29.8 Å². The van der Waals surface area contributed by atoms with Crippen molar-refractivity contribution < 1.29 is 23.0 Å². The molecule has 156 valence electrons. The maximum absolute atomic E-state index is 12.4. The second kappa shape index (κ2) is 10.4. The van der Waals surface area contributed by atoms with Crippen molar-refractivity contribution in [1.82, 2.24) is 10.2 Å². The molecule has 0 unspecified atom stereocenters. The number of benzene rings is 2. The number of hydrogen-bond acceptors (Lipinski definition) is 4. The molecular weight excluding hydrogens is 440 g/mol. The number of hydrogen-bond donors (Lipinski definition) is 2. The minimum absolute atomic E-state index is 0. The second-order valence-corrected chi connectivity index (χ2v) is 6.42. The van der Waals surface area contributed by atoms with Crippen LogP contribution >= 0.6 is 36.4 Å². The molecular formula is C18H20Cl3F3N2O2. The van der Waals surface area contributed by atoms with Crippen molar-refractivity contribution in [2.45, 2.75) is 12.4 Å². The lowest BCUT2D eigenvalue weighted by Gasteiger charge is -2.35. The predicted molar refractivity (Wildman–Crippen MR) is 107 cm³/mol. The van der Waals surface area contributed by atoms with E-state index in [1.54, 1.807) is 24.3 Å². The van der Waals surface area contributed by atoms with Crippen LogP contribution in [0.25, 0.3) is 0 Å². The molecule has 10 heteroatoms. The van der Waals surface area contributed by atoms with E-state index in [2.05, 4.69) is 15.0 Å². The standard InChI is InChI=1S/C18H18ClF3N2O2.2ClH/c19-15-11-13(3-6-16(15)25)17(24-9-7-23-8-10-24)12-1-4-14(5-2-12)26-18(20,21)22;;/h1-6,11,17,23,25H,7-10H2;2*1H/t17-;;/m0../s1. The molecule has 1 heterocycles. The van der Waals surface area contributed by atoms with Crippen LogP contribution in [-0.2, 0) is 0 Å². The molecule has 1 atom stereocenters. The van der Waals surface area contributed by atoms with Crippen molar-refractivity contribution in [2.75, 3.05) is 26.2 Å². The van der Waals surface area contributed by atoms with Crippen molar-refractivity contribution in [3.8, 4) is 11.5 Å². The summed E-state index contributed by atoms with van der Waals surface area (Å²) < 4.78 is 41.0. The van der Waals surface area contributed by atoms with Gasteiger partial charge in [0.25, 0.3) is 0 Å². The Balaban J connectivity index is 0.00000196. The Morgan fingerprint density at radius 3 is 2.11 bits per heavy atom. The largest absolute Gasteiger partial charge is 0.573 e. The summed E-state index contributed by atoms with van der Waals surface area (Å²) in [5, 5.41) is 13.2. The zero-order valence-corrected chi connectivity index (χ0v) is 17.0. The first-order valence-corrected chi connectivity index (χ1v) is 8.50. The first-order valence-electron chi connectivity index (χ1n) is 8.12. The molecule has 0 bridgehead atoms. The minimum atomic E-state index is -4.72. The molecule has 2 N–H and O–H groups in total. The molecule has 1 fully saturated rings. The number of nitrogens with one attached hydrogen (secondary N) is 1. The van der Waals surface area contributed by atoms with E-state index < -0.39 is 6.36 Å². The van der Waals surface area contributed by atoms with Gasteiger partial charge in [0.05, 0.1) is 11.1 Å². The third-order valence-electron chi connectivity index (χ3n) is 4.23. The summed E-state index contributed by atoms with van der Waals surface area (Å²) in [5.41, 5.74) is 1.68. The molecule has 0 aromatic heterocycles. The molecule has 2 aromatic rings. The van der Waals surface area contributed by atoms with E-state index in [1.807, 2.05) is 0 Å². The zero-order chi connectivity index (χ0) is 18.7. The average molecular weight is 460 g/mol. The van der Waals surface area contributed by atoms with Gasteiger partial charge in [0.2, 0.25) is 0 Å². The Morgan fingerprint density at radius 1 is 1.00 bits per heavy atom. The summed E-state index contributed by atoms with van der Waals surface area (Å²) in [4.78, 5) is 2.22. The van der Waals surface area contributed by atoms with E-state index in [0.717, 1.165) is 37.3 Å². The molecule has 0 saturated carbocycles. The van der Waals surface area contributed by atoms with Gasteiger partial charge in [-0.25, -0.2) is 0 Å². The van der Waals surface area contributed by atoms with Gasteiger partial charge in [0.15, 0.2) is 0 Å². The molecule has 0 radical (unpaired) electrons. The topological polar surface area (TPSA) is 44.7 Å². The highest BCUT2D eigenvalue weighted by Crippen LogP contribution is 2.34. The van der Waals surface area contributed by atoms with E-state index >= 15 is 0 Å². The third kappa shape index (κ3) is 6.32. The van der Waals surface area contributed by atoms with Gasteiger partial charge in [-0.2, -0.15) is 0 Å². The molecule has 2 aromatic carbocycles. The summed E-state index contributed by atoms with van der Waals surface area (Å²) in [6, 6.07) is 10.6. The normalized spacial score (nSPS) is 15.9. The maximum atomic E-state index is 12.4. The van der Waals surface area contributed by atoms with E-state index in [-0.39, 0.29) is 47.4 Å². The smallest absolute Gasteiger partial charge is 0.506 e. The number of piperazine rings is 1. The zero-order valence-electron chi connectivity index (χ0n) is 14.6. The number of alkyl halides is 3. The van der Waals surface area contributed by atoms with Crippen LogP contribution in [0.15, 0.2) is 42.5 Å². The van der Waals surface area contributed by atoms with Gasteiger partial charge < -0.3 is 15.2 Å². The van der Waals surface area contributed by atoms with Crippen molar-refractivity contribution in [3.63, 3.8) is 0 Å². The van der Waals surface area contributed by atoms with Crippen LogP contribution in [0.2, 0.25) is 5.02 Å². The Labute approximate surface area is 178 Å². The van der Waals surface area contributed by atoms with Crippen LogP contribution in [0.1, 0.15) is 17.2 Å². The van der Waals surface area contributed by atoms with E-state index in [9.17, 15) is 18.3 Å². The number of nitrogens with zero attached hydrogens (tertiary/aromatic N) is 1. The first-order chi connectivity index (χ1) is 12.3. The lowest BCUT2D eigenvalue weighted by Crippen LogP contribution is -2.45. The highest BCUT2D eigenvalue weighted by molar-refractivity contribution is 6.32. The Hall–Kier alpha value is -1.38. The van der Waals surface area contributed by atoms with Crippen LogP contribution in [0, 0.1) is 0 Å². The van der Waals surface area contributed by atoms with Crippen LogP contribution in [0.4, 0.5) is 13.2 Å². The molecule has 1 aliphatic heterocycles. The van der Waals surface area contributed by atoms with Gasteiger partial charge >= 0.3 is 6.36 Å². The van der Waals surface area contributed by atoms with Crippen LogP contribution in [-0.4, -0.2) is 42.5 Å². The summed E-state index contributed by atoms with van der Waals surface area (Å²) in [6.45, 7) is 3.20. The molecule has 28 heavy (non-hydrogen) atoms. The van der Waals surface area contributed by atoms with Gasteiger partial charge in [0, 0.05) is 26.2 Å². The summed E-state index contributed by atoms with van der Waals surface area (Å²) in [6.07, 6.45) is -4.72. The number of phenols is 1. The molecule has 3 rings (SSSR count). The van der Waals surface area contributed by atoms with Gasteiger partial charge in [-0.15, -0.1) is 38.0 Å². The Morgan fingerprint density at radius 2 is 1.57 bits per heavy atom. The average Bonchev–Trinajstić information content (AvgIpc) is 2.59. The molecule has 0 aliphatic carbocycles. The minimum Gasteiger partial charge on any atom is -0.506 e. The van der Waals surface area contributed by atoms with E-state index in [0.29, 0.717) is 0 Å². The number of ether oxygens (including phenoxy) is 1. The quantitative estimate of drug-likeness (QED) is 0.690. The lowest BCUT2D eigenvalue weighted by atomic mass is 9.96. The fourth-order valence-electron chi connectivity index (χ4n) is 3.10. The van der Waals surface area contributed by atoms with Crippen molar-refractivity contribution in [1.29, 1.82) is 0 Å². The molecule has 1 aliphatic rings. The third-order valence-corrected chi connectivity index (χ3v) is 4.54. The number of aromatic hydroxyl groups is 1. The monoisotopic (exact) mass is 458 g/mol. The second-order valence-electron chi connectivity index (χ2n) is 6.02. The lowest BCUT2D eigenvalue weighted by molar-refractivity contribution is -0.274. The molecule has 1 saturated heterocycles. The maximum Gasteiger partial charge on any atom is 0.573 e. The van der Waals surface area contributed by atoms with Crippen LogP contribution in [0.5, 0.6) is 11.5 Å². The van der Waals surface area contributed by atoms with Crippen LogP contribution < -0.4 is 10.1 Å². The van der Waals surface area contributed by atoms with Gasteiger partial charge in [-0.05, 0) is 35.4 Å². The molecule has 0 amide bonds. The summed E-state index contributed by atoms with van der Waals surface area (Å²) in [5.74, 6) is -0.271. The molecule has 0 spiro atoms. The summed E-state index contributed by atoms with van der Waals surface area (Å²) >= 11 is 6.06. The Kier molecular flexibility index (Phi) is 9.17. The van der Waals surface area contributed by atoms with Crippen molar-refractivity contribution in [3.05, 3.63) is 58.6 Å². The summed E-state index contributed by atoms with van der Waals surface area (Å²) in [7, 11) is 0. The number of halogens is 6.